The molecule has 0 radical (unpaired) electrons. The number of rotatable bonds is 8. The van der Waals surface area contributed by atoms with Crippen LogP contribution in [-0.2, 0) is 14.3 Å². The number of aliphatic carboxylic acids is 1. The van der Waals surface area contributed by atoms with Crippen molar-refractivity contribution in [1.29, 1.82) is 0 Å². The Hall–Kier alpha value is -2.86. The first-order valence-corrected chi connectivity index (χ1v) is 10.7. The standard InChI is InChI=1S/C25H31NO5/c1-16(31-25(2,3)4)22(13-14-23(27)28)26-24(29)30-15-21-19-11-7-5-9-17(19)18-10-6-8-12-20(18)21/h5-12,16,21-22H,13-15H2,1-4H3,(H,26,29)(H,27,28)/t16-,22-/m1/s1. The van der Waals surface area contributed by atoms with E-state index in [0.717, 1.165) is 11.1 Å². The number of carboxylic acid groups (broad SMARTS) is 1. The van der Waals surface area contributed by atoms with Gasteiger partial charge >= 0.3 is 12.1 Å². The van der Waals surface area contributed by atoms with E-state index in [-0.39, 0.29) is 31.5 Å². The van der Waals surface area contributed by atoms with Crippen molar-refractivity contribution >= 4 is 12.1 Å². The fraction of sp³-hybridized carbons (Fsp3) is 0.440. The number of carbonyl (C=O) groups is 2. The van der Waals surface area contributed by atoms with E-state index in [0.29, 0.717) is 0 Å². The Labute approximate surface area is 183 Å². The quantitative estimate of drug-likeness (QED) is 0.624. The van der Waals surface area contributed by atoms with Gasteiger partial charge in [0.05, 0.1) is 17.7 Å². The molecule has 2 atom stereocenters. The second-order valence-corrected chi connectivity index (χ2v) is 8.94. The molecule has 0 unspecified atom stereocenters. The molecule has 0 heterocycles. The van der Waals surface area contributed by atoms with Crippen LogP contribution in [0.2, 0.25) is 0 Å². The highest BCUT2D eigenvalue weighted by molar-refractivity contribution is 5.79. The Balaban J connectivity index is 1.67. The van der Waals surface area contributed by atoms with Crippen molar-refractivity contribution in [2.75, 3.05) is 6.61 Å². The smallest absolute Gasteiger partial charge is 0.407 e. The van der Waals surface area contributed by atoms with Gasteiger partial charge in [0.2, 0.25) is 0 Å². The summed E-state index contributed by atoms with van der Waals surface area (Å²) >= 11 is 0. The van der Waals surface area contributed by atoms with Gasteiger partial charge in [0, 0.05) is 12.3 Å². The summed E-state index contributed by atoms with van der Waals surface area (Å²) in [5, 5.41) is 11.9. The fourth-order valence-corrected chi connectivity index (χ4v) is 4.13. The molecule has 2 N–H and O–H groups in total. The van der Waals surface area contributed by atoms with Gasteiger partial charge in [-0.3, -0.25) is 4.79 Å². The van der Waals surface area contributed by atoms with Crippen LogP contribution in [0, 0.1) is 0 Å². The number of hydrogen-bond acceptors (Lipinski definition) is 4. The first-order valence-electron chi connectivity index (χ1n) is 10.7. The maximum absolute atomic E-state index is 12.6. The average molecular weight is 426 g/mol. The minimum absolute atomic E-state index is 0.0288. The van der Waals surface area contributed by atoms with Gasteiger partial charge in [0.15, 0.2) is 0 Å². The Kier molecular flexibility index (Phi) is 7.01. The van der Waals surface area contributed by atoms with Crippen molar-refractivity contribution in [3.05, 3.63) is 59.7 Å². The van der Waals surface area contributed by atoms with Crippen molar-refractivity contribution in [2.45, 2.75) is 64.2 Å². The molecular weight excluding hydrogens is 394 g/mol. The molecule has 0 spiro atoms. The summed E-state index contributed by atoms with van der Waals surface area (Å²) in [4.78, 5) is 23.7. The molecule has 0 saturated heterocycles. The summed E-state index contributed by atoms with van der Waals surface area (Å²) in [7, 11) is 0. The molecule has 1 amide bonds. The van der Waals surface area contributed by atoms with Crippen LogP contribution in [0.15, 0.2) is 48.5 Å². The highest BCUT2D eigenvalue weighted by Gasteiger charge is 2.30. The van der Waals surface area contributed by atoms with Crippen LogP contribution < -0.4 is 5.32 Å². The van der Waals surface area contributed by atoms with Gasteiger partial charge < -0.3 is 19.9 Å². The molecule has 6 heteroatoms. The van der Waals surface area contributed by atoms with Crippen molar-refractivity contribution in [3.8, 4) is 11.1 Å². The molecule has 166 valence electrons. The molecule has 0 aromatic heterocycles. The number of ether oxygens (including phenoxy) is 2. The van der Waals surface area contributed by atoms with Gasteiger partial charge in [0.25, 0.3) is 0 Å². The number of nitrogens with one attached hydrogen (secondary N) is 1. The highest BCUT2D eigenvalue weighted by Crippen LogP contribution is 2.44. The zero-order chi connectivity index (χ0) is 22.6. The average Bonchev–Trinajstić information content (AvgIpc) is 3.02. The first-order chi connectivity index (χ1) is 14.7. The number of fused-ring (bicyclic) bond motifs is 3. The number of carboxylic acids is 1. The SMILES string of the molecule is C[C@@H](OC(C)(C)C)[C@@H](CCC(=O)O)NC(=O)OCC1c2ccccc2-c2ccccc21. The minimum atomic E-state index is -0.915. The van der Waals surface area contributed by atoms with Gasteiger partial charge in [-0.2, -0.15) is 0 Å². The van der Waals surface area contributed by atoms with Crippen LogP contribution in [0.1, 0.15) is 57.6 Å². The van der Waals surface area contributed by atoms with Crippen molar-refractivity contribution in [3.63, 3.8) is 0 Å². The lowest BCUT2D eigenvalue weighted by atomic mass is 9.98. The predicted molar refractivity (Wildman–Crippen MR) is 119 cm³/mol. The van der Waals surface area contributed by atoms with Crippen LogP contribution in [0.25, 0.3) is 11.1 Å². The first kappa shape index (κ1) is 22.8. The number of hydrogen-bond donors (Lipinski definition) is 2. The Bertz CT molecular complexity index is 888. The van der Waals surface area contributed by atoms with Crippen LogP contribution in [0.5, 0.6) is 0 Å². The third-order valence-electron chi connectivity index (χ3n) is 5.42. The van der Waals surface area contributed by atoms with Gasteiger partial charge in [0.1, 0.15) is 6.61 Å². The fourth-order valence-electron chi connectivity index (χ4n) is 4.13. The predicted octanol–water partition coefficient (Wildman–Crippen LogP) is 4.96. The summed E-state index contributed by atoms with van der Waals surface area (Å²) in [6.07, 6.45) is -0.732. The van der Waals surface area contributed by atoms with E-state index < -0.39 is 23.7 Å². The Morgan fingerprint density at radius 2 is 1.58 bits per heavy atom. The van der Waals surface area contributed by atoms with Gasteiger partial charge in [-0.15, -0.1) is 0 Å². The molecule has 6 nitrogen and oxygen atoms in total. The maximum Gasteiger partial charge on any atom is 0.407 e. The van der Waals surface area contributed by atoms with E-state index in [1.165, 1.54) is 11.1 Å². The van der Waals surface area contributed by atoms with Gasteiger partial charge in [-0.25, -0.2) is 4.79 Å². The summed E-state index contributed by atoms with van der Waals surface area (Å²) in [5.74, 6) is -0.943. The molecule has 0 aliphatic heterocycles. The lowest BCUT2D eigenvalue weighted by Gasteiger charge is -2.31. The third kappa shape index (κ3) is 5.85. The Morgan fingerprint density at radius 3 is 2.10 bits per heavy atom. The van der Waals surface area contributed by atoms with Crippen LogP contribution in [-0.4, -0.2) is 41.5 Å². The molecule has 1 aliphatic carbocycles. The normalized spacial score (nSPS) is 15.0. The van der Waals surface area contributed by atoms with Crippen molar-refractivity contribution in [1.82, 2.24) is 5.32 Å². The summed E-state index contributed by atoms with van der Waals surface area (Å²) < 4.78 is 11.5. The van der Waals surface area contributed by atoms with Crippen LogP contribution in [0.4, 0.5) is 4.79 Å². The maximum atomic E-state index is 12.6. The van der Waals surface area contributed by atoms with Gasteiger partial charge in [-0.1, -0.05) is 48.5 Å². The van der Waals surface area contributed by atoms with E-state index in [2.05, 4.69) is 29.6 Å². The number of benzene rings is 2. The summed E-state index contributed by atoms with van der Waals surface area (Å²) in [6.45, 7) is 7.81. The molecule has 2 aromatic carbocycles. The van der Waals surface area contributed by atoms with Crippen molar-refractivity contribution < 1.29 is 24.2 Å². The third-order valence-corrected chi connectivity index (χ3v) is 5.42. The van der Waals surface area contributed by atoms with Crippen molar-refractivity contribution in [2.24, 2.45) is 0 Å². The second kappa shape index (κ2) is 9.52. The summed E-state index contributed by atoms with van der Waals surface area (Å²) in [6, 6.07) is 15.8. The molecule has 0 saturated carbocycles. The molecule has 1 aliphatic rings. The number of alkyl carbamates (subject to hydrolysis) is 1. The van der Waals surface area contributed by atoms with E-state index in [1.807, 2.05) is 52.0 Å². The van der Waals surface area contributed by atoms with E-state index in [1.54, 1.807) is 0 Å². The minimum Gasteiger partial charge on any atom is -0.481 e. The lowest BCUT2D eigenvalue weighted by Crippen LogP contribution is -2.46. The molecule has 2 aromatic rings. The summed E-state index contributed by atoms with van der Waals surface area (Å²) in [5.41, 5.74) is 4.20. The van der Waals surface area contributed by atoms with Crippen LogP contribution >= 0.6 is 0 Å². The molecule has 0 fully saturated rings. The lowest BCUT2D eigenvalue weighted by molar-refractivity contribution is -0.137. The zero-order valence-corrected chi connectivity index (χ0v) is 18.6. The molecule has 0 bridgehead atoms. The van der Waals surface area contributed by atoms with E-state index >= 15 is 0 Å². The molecular formula is C25H31NO5. The topological polar surface area (TPSA) is 84.9 Å². The van der Waals surface area contributed by atoms with E-state index in [4.69, 9.17) is 14.6 Å². The van der Waals surface area contributed by atoms with E-state index in [9.17, 15) is 9.59 Å². The number of carbonyl (C=O) groups excluding carboxylic acids is 1. The second-order valence-electron chi connectivity index (χ2n) is 8.94. The Morgan fingerprint density at radius 1 is 1.03 bits per heavy atom. The number of amides is 1. The highest BCUT2D eigenvalue weighted by atomic mass is 16.6. The largest absolute Gasteiger partial charge is 0.481 e. The monoisotopic (exact) mass is 425 g/mol. The van der Waals surface area contributed by atoms with Crippen LogP contribution in [0.3, 0.4) is 0 Å². The molecule has 3 rings (SSSR count). The molecule has 31 heavy (non-hydrogen) atoms. The van der Waals surface area contributed by atoms with Gasteiger partial charge in [-0.05, 0) is 56.4 Å². The zero-order valence-electron chi connectivity index (χ0n) is 18.6.